The van der Waals surface area contributed by atoms with Crippen LogP contribution in [-0.4, -0.2) is 43.1 Å². The van der Waals surface area contributed by atoms with Gasteiger partial charge >= 0.3 is 0 Å². The molecule has 1 aliphatic heterocycles. The minimum Gasteiger partial charge on any atom is -0.491 e. The van der Waals surface area contributed by atoms with E-state index in [0.717, 1.165) is 25.2 Å². The second-order valence-electron chi connectivity index (χ2n) is 5.22. The topological polar surface area (TPSA) is 41.6 Å². The largest absolute Gasteiger partial charge is 0.491 e. The fraction of sp³-hybridized carbons (Fsp3) is 0.533. The molecule has 1 aliphatic rings. The van der Waals surface area contributed by atoms with Crippen molar-refractivity contribution in [1.29, 1.82) is 0 Å². The molecule has 0 aromatic heterocycles. The Morgan fingerprint density at radius 1 is 1.48 bits per heavy atom. The molecule has 4 nitrogen and oxygen atoms in total. The van der Waals surface area contributed by atoms with Crippen molar-refractivity contribution < 1.29 is 18.3 Å². The summed E-state index contributed by atoms with van der Waals surface area (Å²) in [6, 6.07) is 3.49. The average Bonchev–Trinajstić information content (AvgIpc) is 2.45. The van der Waals surface area contributed by atoms with E-state index < -0.39 is 11.6 Å². The molecule has 1 atom stereocenters. The first-order chi connectivity index (χ1) is 10.1. The van der Waals surface area contributed by atoms with Crippen molar-refractivity contribution in [2.24, 2.45) is 0 Å². The summed E-state index contributed by atoms with van der Waals surface area (Å²) in [7, 11) is 0. The molecule has 1 saturated heterocycles. The molecule has 1 heterocycles. The highest BCUT2D eigenvalue weighted by Gasteiger charge is 2.19. The highest BCUT2D eigenvalue weighted by Crippen LogP contribution is 2.17. The molecule has 0 aliphatic carbocycles. The van der Waals surface area contributed by atoms with Crippen LogP contribution >= 0.6 is 0 Å². The van der Waals surface area contributed by atoms with Crippen LogP contribution in [-0.2, 0) is 4.79 Å². The first-order valence-corrected chi connectivity index (χ1v) is 7.15. The first-order valence-electron chi connectivity index (χ1n) is 7.15. The molecule has 116 valence electrons. The molecule has 0 unspecified atom stereocenters. The third kappa shape index (κ3) is 4.67. The molecular weight excluding hydrogens is 278 g/mol. The minimum atomic E-state index is -0.725. The first kappa shape index (κ1) is 15.7. The molecule has 21 heavy (non-hydrogen) atoms. The van der Waals surface area contributed by atoms with Crippen molar-refractivity contribution >= 4 is 5.91 Å². The van der Waals surface area contributed by atoms with Gasteiger partial charge in [0.1, 0.15) is 5.82 Å². The van der Waals surface area contributed by atoms with Crippen LogP contribution in [0.3, 0.4) is 0 Å². The normalized spacial score (nSPS) is 18.6. The Kier molecular flexibility index (Phi) is 5.50. The summed E-state index contributed by atoms with van der Waals surface area (Å²) in [6.07, 6.45) is 0.878. The van der Waals surface area contributed by atoms with Crippen molar-refractivity contribution in [3.8, 4) is 5.75 Å². The van der Waals surface area contributed by atoms with Gasteiger partial charge in [0, 0.05) is 38.2 Å². The molecule has 0 bridgehead atoms. The van der Waals surface area contributed by atoms with Crippen LogP contribution in [0, 0.1) is 11.6 Å². The Balaban J connectivity index is 1.70. The number of nitrogens with zero attached hydrogens (tertiary/aromatic N) is 1. The van der Waals surface area contributed by atoms with Gasteiger partial charge in [-0.3, -0.25) is 4.79 Å². The SMILES string of the molecule is C[C@H]1CN(C(=O)CCCOc2ccc(F)cc2F)CCN1. The fourth-order valence-corrected chi connectivity index (χ4v) is 2.31. The van der Waals surface area contributed by atoms with Crippen molar-refractivity contribution in [1.82, 2.24) is 10.2 Å². The van der Waals surface area contributed by atoms with Crippen LogP contribution in [0.15, 0.2) is 18.2 Å². The Labute approximate surface area is 123 Å². The number of carbonyl (C=O) groups is 1. The monoisotopic (exact) mass is 298 g/mol. The van der Waals surface area contributed by atoms with Crippen molar-refractivity contribution in [2.75, 3.05) is 26.2 Å². The number of nitrogens with one attached hydrogen (secondary N) is 1. The summed E-state index contributed by atoms with van der Waals surface area (Å²) in [5, 5.41) is 3.28. The second-order valence-corrected chi connectivity index (χ2v) is 5.22. The predicted molar refractivity (Wildman–Crippen MR) is 75.1 cm³/mol. The van der Waals surface area contributed by atoms with Gasteiger partial charge in [-0.1, -0.05) is 0 Å². The maximum absolute atomic E-state index is 13.3. The highest BCUT2D eigenvalue weighted by molar-refractivity contribution is 5.76. The quantitative estimate of drug-likeness (QED) is 0.845. The van der Waals surface area contributed by atoms with Gasteiger partial charge in [0.05, 0.1) is 6.61 Å². The van der Waals surface area contributed by atoms with Crippen LogP contribution in [0.4, 0.5) is 8.78 Å². The van der Waals surface area contributed by atoms with E-state index in [1.165, 1.54) is 6.07 Å². The van der Waals surface area contributed by atoms with Crippen LogP contribution in [0.25, 0.3) is 0 Å². The van der Waals surface area contributed by atoms with Gasteiger partial charge in [-0.05, 0) is 25.5 Å². The van der Waals surface area contributed by atoms with Crippen molar-refractivity contribution in [2.45, 2.75) is 25.8 Å². The van der Waals surface area contributed by atoms with E-state index in [1.807, 2.05) is 11.8 Å². The Hall–Kier alpha value is -1.69. The molecule has 6 heteroatoms. The zero-order chi connectivity index (χ0) is 15.2. The van der Waals surface area contributed by atoms with Gasteiger partial charge in [-0.25, -0.2) is 8.78 Å². The summed E-state index contributed by atoms with van der Waals surface area (Å²) in [5.74, 6) is -1.26. The van der Waals surface area contributed by atoms with Gasteiger partial charge in [0.2, 0.25) is 5.91 Å². The van der Waals surface area contributed by atoms with Gasteiger partial charge in [-0.15, -0.1) is 0 Å². The van der Waals surface area contributed by atoms with Gasteiger partial charge in [0.25, 0.3) is 0 Å². The van der Waals surface area contributed by atoms with E-state index in [4.69, 9.17) is 4.74 Å². The summed E-state index contributed by atoms with van der Waals surface area (Å²) in [5.41, 5.74) is 0. The number of amides is 1. The molecule has 2 rings (SSSR count). The van der Waals surface area contributed by atoms with Crippen LogP contribution in [0.1, 0.15) is 19.8 Å². The zero-order valence-corrected chi connectivity index (χ0v) is 12.1. The van der Waals surface area contributed by atoms with Gasteiger partial charge in [0.15, 0.2) is 11.6 Å². The van der Waals surface area contributed by atoms with Crippen molar-refractivity contribution in [3.05, 3.63) is 29.8 Å². The number of rotatable bonds is 5. The van der Waals surface area contributed by atoms with E-state index in [2.05, 4.69) is 5.32 Å². The predicted octanol–water partition coefficient (Wildman–Crippen LogP) is 1.94. The fourth-order valence-electron chi connectivity index (χ4n) is 2.31. The summed E-state index contributed by atoms with van der Waals surface area (Å²) in [6.45, 7) is 4.52. The lowest BCUT2D eigenvalue weighted by molar-refractivity contribution is -0.132. The van der Waals surface area contributed by atoms with E-state index >= 15 is 0 Å². The lowest BCUT2D eigenvalue weighted by atomic mass is 10.2. The highest BCUT2D eigenvalue weighted by atomic mass is 19.1. The number of ether oxygens (including phenoxy) is 1. The minimum absolute atomic E-state index is 0.0136. The van der Waals surface area contributed by atoms with Crippen LogP contribution in [0.5, 0.6) is 5.75 Å². The molecule has 1 fully saturated rings. The molecular formula is C15H20F2N2O2. The number of hydrogen-bond donors (Lipinski definition) is 1. The summed E-state index contributed by atoms with van der Waals surface area (Å²) in [4.78, 5) is 13.8. The summed E-state index contributed by atoms with van der Waals surface area (Å²) >= 11 is 0. The van der Waals surface area contributed by atoms with Gasteiger partial charge in [-0.2, -0.15) is 0 Å². The van der Waals surface area contributed by atoms with Gasteiger partial charge < -0.3 is 15.0 Å². The molecule has 1 N–H and O–H groups in total. The van der Waals surface area contributed by atoms with Crippen LogP contribution in [0.2, 0.25) is 0 Å². The lowest BCUT2D eigenvalue weighted by Crippen LogP contribution is -2.51. The molecule has 1 amide bonds. The molecule has 1 aromatic carbocycles. The number of halogens is 2. The number of benzene rings is 1. The number of hydrogen-bond acceptors (Lipinski definition) is 3. The van der Waals surface area contributed by atoms with E-state index in [0.29, 0.717) is 25.4 Å². The van der Waals surface area contributed by atoms with E-state index in [1.54, 1.807) is 0 Å². The maximum atomic E-state index is 13.3. The zero-order valence-electron chi connectivity index (χ0n) is 12.1. The summed E-state index contributed by atoms with van der Waals surface area (Å²) < 4.78 is 31.3. The Bertz CT molecular complexity index is 497. The average molecular weight is 298 g/mol. The second kappa shape index (κ2) is 7.36. The molecule has 0 saturated carbocycles. The Morgan fingerprint density at radius 2 is 2.29 bits per heavy atom. The standard InChI is InChI=1S/C15H20F2N2O2/c1-11-10-19(7-6-18-11)15(20)3-2-8-21-14-5-4-12(16)9-13(14)17/h4-5,9,11,18H,2-3,6-8,10H2,1H3/t11-/m0/s1. The van der Waals surface area contributed by atoms with Crippen molar-refractivity contribution in [3.63, 3.8) is 0 Å². The maximum Gasteiger partial charge on any atom is 0.222 e. The number of piperazine rings is 1. The molecule has 1 aromatic rings. The molecule has 0 radical (unpaired) electrons. The smallest absolute Gasteiger partial charge is 0.222 e. The van der Waals surface area contributed by atoms with E-state index in [-0.39, 0.29) is 18.3 Å². The molecule has 0 spiro atoms. The lowest BCUT2D eigenvalue weighted by Gasteiger charge is -2.32. The Morgan fingerprint density at radius 3 is 3.00 bits per heavy atom. The third-order valence-electron chi connectivity index (χ3n) is 3.41. The van der Waals surface area contributed by atoms with E-state index in [9.17, 15) is 13.6 Å². The van der Waals surface area contributed by atoms with Crippen LogP contribution < -0.4 is 10.1 Å². The third-order valence-corrected chi connectivity index (χ3v) is 3.41. The number of carbonyl (C=O) groups excluding carboxylic acids is 1.